The van der Waals surface area contributed by atoms with E-state index in [0.717, 1.165) is 0 Å². The lowest BCUT2D eigenvalue weighted by Gasteiger charge is -2.16. The Bertz CT molecular complexity index is 914. The summed E-state index contributed by atoms with van der Waals surface area (Å²) in [6, 6.07) is -0.703. The number of ether oxygens (including phenoxy) is 2. The zero-order valence-electron chi connectivity index (χ0n) is 25.3. The first-order valence-corrected chi connectivity index (χ1v) is 14.8. The topological polar surface area (TPSA) is 296 Å². The fourth-order valence-corrected chi connectivity index (χ4v) is 3.69. The molecule has 0 aliphatic heterocycles. The number of nitrogens with one attached hydrogen (secondary N) is 2. The minimum absolute atomic E-state index is 0.0381. The highest BCUT2D eigenvalue weighted by Crippen LogP contribution is 2.13. The maximum Gasteiger partial charge on any atom is 0.220 e. The molecule has 2 amide bonds. The average molecular weight is 655 g/mol. The van der Waals surface area contributed by atoms with Gasteiger partial charge in [0, 0.05) is 45.4 Å². The number of aliphatic hydroxyl groups excluding tert-OH is 10. The van der Waals surface area contributed by atoms with Gasteiger partial charge >= 0.3 is 0 Å². The minimum Gasteiger partial charge on any atom is -0.506 e. The Labute approximate surface area is 261 Å². The summed E-state index contributed by atoms with van der Waals surface area (Å²) in [5, 5.41) is 99.6. The normalized spacial score (nSPS) is 16.0. The summed E-state index contributed by atoms with van der Waals surface area (Å²) in [6.45, 7) is -0.640. The van der Waals surface area contributed by atoms with Crippen molar-refractivity contribution in [2.45, 2.75) is 101 Å². The van der Waals surface area contributed by atoms with Crippen LogP contribution in [0.3, 0.4) is 0 Å². The van der Waals surface area contributed by atoms with Crippen molar-refractivity contribution in [2.24, 2.45) is 0 Å². The molecule has 0 fully saturated rings. The molecule has 0 bridgehead atoms. The fourth-order valence-electron chi connectivity index (χ4n) is 3.69. The molecule has 0 aliphatic carbocycles. The molecule has 0 aromatic carbocycles. The molecule has 0 aromatic rings. The molecule has 17 nitrogen and oxygen atoms in total. The van der Waals surface area contributed by atoms with E-state index in [2.05, 4.69) is 10.6 Å². The number of hydrogen-bond donors (Lipinski definition) is 12. The molecule has 12 N–H and O–H groups in total. The van der Waals surface area contributed by atoms with Gasteiger partial charge in [-0.3, -0.25) is 9.59 Å². The van der Waals surface area contributed by atoms with Crippen LogP contribution in [0, 0.1) is 0 Å². The Balaban J connectivity index is 4.04. The van der Waals surface area contributed by atoms with Gasteiger partial charge in [-0.25, -0.2) is 0 Å². The van der Waals surface area contributed by atoms with Gasteiger partial charge in [-0.2, -0.15) is 0 Å². The highest BCUT2D eigenvalue weighted by atomic mass is 16.6. The van der Waals surface area contributed by atoms with Crippen molar-refractivity contribution in [3.8, 4) is 0 Å². The molecular weight excluding hydrogens is 604 g/mol. The summed E-state index contributed by atoms with van der Waals surface area (Å²) >= 11 is 0. The monoisotopic (exact) mass is 654 g/mol. The zero-order valence-corrected chi connectivity index (χ0v) is 25.3. The summed E-state index contributed by atoms with van der Waals surface area (Å²) in [7, 11) is 0. The van der Waals surface area contributed by atoms with Gasteiger partial charge in [-0.05, 0) is 44.9 Å². The Kier molecular flexibility index (Phi) is 23.5. The molecule has 0 saturated carbocycles. The van der Waals surface area contributed by atoms with Crippen molar-refractivity contribution in [2.75, 3.05) is 33.0 Å². The van der Waals surface area contributed by atoms with Crippen molar-refractivity contribution in [1.29, 1.82) is 0 Å². The highest BCUT2D eigenvalue weighted by molar-refractivity contribution is 5.79. The van der Waals surface area contributed by atoms with Crippen molar-refractivity contribution < 1.29 is 74.9 Å². The van der Waals surface area contributed by atoms with Crippen LogP contribution in [0.4, 0.5) is 0 Å². The molecule has 17 heteroatoms. The predicted octanol–water partition coefficient (Wildman–Crippen LogP) is -0.891. The number of carbonyl (C=O) groups excluding carboxylic acids is 3. The molecule has 5 unspecified atom stereocenters. The molecule has 0 rings (SSSR count). The number of aldehydes is 1. The van der Waals surface area contributed by atoms with Gasteiger partial charge in [-0.15, -0.1) is 0 Å². The van der Waals surface area contributed by atoms with Gasteiger partial charge < -0.3 is 76.0 Å². The third-order valence-corrected chi connectivity index (χ3v) is 6.35. The summed E-state index contributed by atoms with van der Waals surface area (Å²) in [5.74, 6) is -4.34. The second kappa shape index (κ2) is 25.2. The van der Waals surface area contributed by atoms with Crippen LogP contribution in [0.15, 0.2) is 23.0 Å². The first kappa shape index (κ1) is 42.0. The molecule has 0 aliphatic rings. The van der Waals surface area contributed by atoms with Crippen LogP contribution in [-0.4, -0.2) is 133 Å². The summed E-state index contributed by atoms with van der Waals surface area (Å²) in [4.78, 5) is 35.4. The van der Waals surface area contributed by atoms with Crippen LogP contribution in [-0.2, 0) is 23.9 Å². The van der Waals surface area contributed by atoms with Crippen LogP contribution in [0.5, 0.6) is 0 Å². The number of carbonyl (C=O) groups is 3. The lowest BCUT2D eigenvalue weighted by atomic mass is 10.1. The quantitative estimate of drug-likeness (QED) is 0.0221. The lowest BCUT2D eigenvalue weighted by Crippen LogP contribution is -2.36. The van der Waals surface area contributed by atoms with Crippen LogP contribution in [0.2, 0.25) is 0 Å². The highest BCUT2D eigenvalue weighted by Gasteiger charge is 2.22. The van der Waals surface area contributed by atoms with Gasteiger partial charge in [0.15, 0.2) is 23.0 Å². The van der Waals surface area contributed by atoms with E-state index >= 15 is 0 Å². The second-order valence-corrected chi connectivity index (χ2v) is 10.1. The molecule has 0 heterocycles. The summed E-state index contributed by atoms with van der Waals surface area (Å²) in [5.41, 5.74) is 0. The standard InChI is InChI=1S/C28H50N2O15/c31-13-10-19(34)23(38)25(40)27(42)44-15-5-2-8-21(36)29-12-4-1-7-18(17-33)30-22(37)9-3-6-16-45-28(43)26(41)24(39)20(35)11-14-32/h17-20,27-28,31-32,34-35,38-43H,1-16H2,(H,29,36)(H,30,37)/b25-23-,26-24-. The van der Waals surface area contributed by atoms with E-state index in [1.54, 1.807) is 0 Å². The molecule has 0 spiro atoms. The SMILES string of the molecule is O=CC(CCCCNC(=O)CCCCOC(O)/C(O)=C(/O)C(O)CCO)NC(=O)CCCCOC(O)/C(O)=C(/O)C(O)CCO. The molecule has 0 aromatic heterocycles. The van der Waals surface area contributed by atoms with E-state index in [4.69, 9.17) is 19.7 Å². The second-order valence-electron chi connectivity index (χ2n) is 10.1. The van der Waals surface area contributed by atoms with Crippen molar-refractivity contribution in [3.05, 3.63) is 23.0 Å². The molecule has 45 heavy (non-hydrogen) atoms. The first-order valence-electron chi connectivity index (χ1n) is 14.8. The summed E-state index contributed by atoms with van der Waals surface area (Å²) < 4.78 is 9.91. The van der Waals surface area contributed by atoms with Crippen LogP contribution in [0.25, 0.3) is 0 Å². The van der Waals surface area contributed by atoms with E-state index in [0.29, 0.717) is 57.8 Å². The van der Waals surface area contributed by atoms with Gasteiger partial charge in [-0.1, -0.05) is 0 Å². The maximum absolute atomic E-state index is 12.1. The predicted molar refractivity (Wildman–Crippen MR) is 156 cm³/mol. The van der Waals surface area contributed by atoms with Crippen LogP contribution >= 0.6 is 0 Å². The third kappa shape index (κ3) is 19.2. The van der Waals surface area contributed by atoms with Crippen molar-refractivity contribution >= 4 is 18.1 Å². The number of amides is 2. The van der Waals surface area contributed by atoms with E-state index < -0.39 is 67.1 Å². The van der Waals surface area contributed by atoms with Gasteiger partial charge in [0.2, 0.25) is 24.4 Å². The number of hydrogen-bond acceptors (Lipinski definition) is 15. The van der Waals surface area contributed by atoms with Crippen molar-refractivity contribution in [3.63, 3.8) is 0 Å². The third-order valence-electron chi connectivity index (χ3n) is 6.35. The number of unbranched alkanes of at least 4 members (excludes halogenated alkanes) is 3. The van der Waals surface area contributed by atoms with E-state index in [1.807, 2.05) is 0 Å². The Morgan fingerprint density at radius 2 is 1.09 bits per heavy atom. The Hall–Kier alpha value is -3.03. The molecular formula is C28H50N2O15. The minimum atomic E-state index is -1.89. The fraction of sp³-hybridized carbons (Fsp3) is 0.750. The maximum atomic E-state index is 12.1. The zero-order chi connectivity index (χ0) is 34.2. The van der Waals surface area contributed by atoms with E-state index in [9.17, 15) is 55.2 Å². The van der Waals surface area contributed by atoms with Crippen molar-refractivity contribution in [1.82, 2.24) is 10.6 Å². The van der Waals surface area contributed by atoms with Gasteiger partial charge in [0.25, 0.3) is 0 Å². The van der Waals surface area contributed by atoms with Crippen LogP contribution < -0.4 is 10.6 Å². The van der Waals surface area contributed by atoms with Gasteiger partial charge in [0.1, 0.15) is 18.5 Å². The molecule has 0 saturated heterocycles. The van der Waals surface area contributed by atoms with Gasteiger partial charge in [0.05, 0.1) is 19.3 Å². The largest absolute Gasteiger partial charge is 0.506 e. The number of rotatable bonds is 27. The molecule has 0 radical (unpaired) electrons. The molecule has 262 valence electrons. The summed E-state index contributed by atoms with van der Waals surface area (Å²) in [6.07, 6.45) is -3.58. The molecule has 5 atom stereocenters. The Morgan fingerprint density at radius 3 is 1.53 bits per heavy atom. The average Bonchev–Trinajstić information content (AvgIpc) is 3.01. The van der Waals surface area contributed by atoms with E-state index in [1.165, 1.54) is 0 Å². The lowest BCUT2D eigenvalue weighted by molar-refractivity contribution is -0.124. The first-order chi connectivity index (χ1) is 21.4. The Morgan fingerprint density at radius 1 is 0.622 bits per heavy atom. The van der Waals surface area contributed by atoms with Crippen LogP contribution in [0.1, 0.15) is 70.6 Å². The smallest absolute Gasteiger partial charge is 0.220 e. The number of aliphatic hydroxyl groups is 10. The van der Waals surface area contributed by atoms with E-state index in [-0.39, 0.29) is 50.7 Å².